The number of rotatable bonds is 6. The summed E-state index contributed by atoms with van der Waals surface area (Å²) in [6.07, 6.45) is 4.89. The summed E-state index contributed by atoms with van der Waals surface area (Å²) in [5.41, 5.74) is 6.23. The molecule has 1 aliphatic heterocycles. The molecule has 3 unspecified atom stereocenters. The molecule has 1 amide bonds. The Kier molecular flexibility index (Phi) is 5.33. The maximum absolute atomic E-state index is 13.6. The lowest BCUT2D eigenvalue weighted by Crippen LogP contribution is -2.47. The van der Waals surface area contributed by atoms with Crippen molar-refractivity contribution in [1.82, 2.24) is 14.9 Å². The van der Waals surface area contributed by atoms with Gasteiger partial charge in [-0.15, -0.1) is 0 Å². The number of hydrogen-bond acceptors (Lipinski definition) is 3. The molecule has 1 saturated carbocycles. The van der Waals surface area contributed by atoms with Gasteiger partial charge in [-0.2, -0.15) is 0 Å². The number of carbonyl (C=O) groups is 1. The van der Waals surface area contributed by atoms with Crippen molar-refractivity contribution in [3.63, 3.8) is 0 Å². The highest BCUT2D eigenvalue weighted by atomic mass is 16.5. The number of aromatic nitrogens is 2. The first-order valence-electron chi connectivity index (χ1n) is 12.2. The van der Waals surface area contributed by atoms with Crippen molar-refractivity contribution in [3.8, 4) is 5.75 Å². The average molecular weight is 452 g/mol. The van der Waals surface area contributed by atoms with Crippen molar-refractivity contribution < 1.29 is 9.53 Å². The van der Waals surface area contributed by atoms with Crippen molar-refractivity contribution in [2.75, 3.05) is 6.61 Å². The van der Waals surface area contributed by atoms with Crippen LogP contribution in [0.3, 0.4) is 0 Å². The Bertz CT molecular complexity index is 1340. The van der Waals surface area contributed by atoms with Crippen LogP contribution in [0.2, 0.25) is 0 Å². The summed E-state index contributed by atoms with van der Waals surface area (Å²) in [5, 5.41) is 0. The summed E-state index contributed by atoms with van der Waals surface area (Å²) in [7, 11) is 0. The van der Waals surface area contributed by atoms with Gasteiger partial charge in [0.05, 0.1) is 23.4 Å². The maximum atomic E-state index is 13.6. The van der Waals surface area contributed by atoms with Gasteiger partial charge >= 0.3 is 0 Å². The Morgan fingerprint density at radius 2 is 1.94 bits per heavy atom. The molecule has 1 aliphatic carbocycles. The van der Waals surface area contributed by atoms with Crippen LogP contribution in [0.5, 0.6) is 5.75 Å². The third kappa shape index (κ3) is 4.18. The predicted octanol–water partition coefficient (Wildman–Crippen LogP) is 5.41. The SMILES string of the molecule is CC1CC1Cc1cccc(OCC2Cc3ccccc3CN2C(=O)c2ccc3nc[nH]c3c2)c1. The Labute approximate surface area is 199 Å². The molecule has 172 valence electrons. The van der Waals surface area contributed by atoms with Gasteiger partial charge in [0.1, 0.15) is 12.4 Å². The smallest absolute Gasteiger partial charge is 0.254 e. The third-order valence-corrected chi connectivity index (χ3v) is 7.40. The summed E-state index contributed by atoms with van der Waals surface area (Å²) >= 11 is 0. The van der Waals surface area contributed by atoms with Crippen LogP contribution in [-0.2, 0) is 19.4 Å². The van der Waals surface area contributed by atoms with E-state index in [1.165, 1.54) is 23.1 Å². The fourth-order valence-corrected chi connectivity index (χ4v) is 5.15. The van der Waals surface area contributed by atoms with E-state index in [2.05, 4.69) is 53.3 Å². The van der Waals surface area contributed by atoms with Crippen molar-refractivity contribution in [3.05, 3.63) is 95.3 Å². The number of imidazole rings is 1. The van der Waals surface area contributed by atoms with E-state index in [0.717, 1.165) is 41.5 Å². The zero-order chi connectivity index (χ0) is 23.1. The van der Waals surface area contributed by atoms with Crippen LogP contribution >= 0.6 is 0 Å². The van der Waals surface area contributed by atoms with E-state index < -0.39 is 0 Å². The minimum atomic E-state index is -0.0352. The van der Waals surface area contributed by atoms with Gasteiger partial charge in [-0.25, -0.2) is 4.98 Å². The summed E-state index contributed by atoms with van der Waals surface area (Å²) < 4.78 is 6.29. The molecule has 1 fully saturated rings. The molecule has 3 atom stereocenters. The standard InChI is InChI=1S/C29H29N3O2/c1-19-11-24(19)12-20-5-4-8-26(13-20)34-17-25-14-21-6-2-3-7-23(21)16-32(25)29(33)22-9-10-27-28(15-22)31-18-30-27/h2-10,13,15,18-19,24-25H,11-12,14,16-17H2,1H3,(H,30,31). The molecular weight excluding hydrogens is 422 g/mol. The largest absolute Gasteiger partial charge is 0.491 e. The van der Waals surface area contributed by atoms with Gasteiger partial charge in [-0.05, 0) is 78.1 Å². The van der Waals surface area contributed by atoms with Crippen molar-refractivity contribution in [2.45, 2.75) is 38.8 Å². The lowest BCUT2D eigenvalue weighted by Gasteiger charge is -2.37. The summed E-state index contributed by atoms with van der Waals surface area (Å²) in [5.74, 6) is 2.56. The van der Waals surface area contributed by atoms with Gasteiger partial charge in [0, 0.05) is 12.1 Å². The van der Waals surface area contributed by atoms with Gasteiger partial charge in [0.25, 0.3) is 5.91 Å². The molecule has 5 heteroatoms. The third-order valence-electron chi connectivity index (χ3n) is 7.40. The fourth-order valence-electron chi connectivity index (χ4n) is 5.15. The molecule has 34 heavy (non-hydrogen) atoms. The van der Waals surface area contributed by atoms with Crippen LogP contribution in [0.4, 0.5) is 0 Å². The minimum absolute atomic E-state index is 0.0241. The molecule has 0 spiro atoms. The molecule has 1 N–H and O–H groups in total. The van der Waals surface area contributed by atoms with Crippen LogP contribution < -0.4 is 4.74 Å². The van der Waals surface area contributed by atoms with Crippen LogP contribution in [0.15, 0.2) is 73.1 Å². The highest BCUT2D eigenvalue weighted by Gasteiger charge is 2.33. The number of H-pyrrole nitrogens is 1. The number of nitrogens with one attached hydrogen (secondary N) is 1. The average Bonchev–Trinajstić information content (AvgIpc) is 3.35. The maximum Gasteiger partial charge on any atom is 0.254 e. The van der Waals surface area contributed by atoms with Crippen molar-refractivity contribution in [2.24, 2.45) is 11.8 Å². The van der Waals surface area contributed by atoms with Crippen LogP contribution in [-0.4, -0.2) is 33.4 Å². The predicted molar refractivity (Wildman–Crippen MR) is 133 cm³/mol. The normalized spacial score (nSPS) is 21.3. The van der Waals surface area contributed by atoms with Crippen LogP contribution in [0.1, 0.15) is 40.4 Å². The molecule has 1 aromatic heterocycles. The quantitative estimate of drug-likeness (QED) is 0.427. The fraction of sp³-hybridized carbons (Fsp3) is 0.310. The van der Waals surface area contributed by atoms with Gasteiger partial charge in [0.15, 0.2) is 0 Å². The number of nitrogens with zero attached hydrogens (tertiary/aromatic N) is 2. The number of aromatic amines is 1. The van der Waals surface area contributed by atoms with E-state index in [1.54, 1.807) is 6.33 Å². The molecule has 0 saturated heterocycles. The molecule has 2 aliphatic rings. The minimum Gasteiger partial charge on any atom is -0.491 e. The molecular formula is C29H29N3O2. The molecule has 4 aromatic rings. The number of fused-ring (bicyclic) bond motifs is 2. The summed E-state index contributed by atoms with van der Waals surface area (Å²) in [6, 6.07) is 22.5. The highest BCUT2D eigenvalue weighted by molar-refractivity contribution is 5.97. The number of hydrogen-bond donors (Lipinski definition) is 1. The van der Waals surface area contributed by atoms with E-state index in [-0.39, 0.29) is 11.9 Å². The molecule has 3 aromatic carbocycles. The van der Waals surface area contributed by atoms with Gasteiger partial charge in [-0.3, -0.25) is 4.79 Å². The first-order chi connectivity index (χ1) is 16.6. The van der Waals surface area contributed by atoms with Gasteiger partial charge < -0.3 is 14.6 Å². The number of benzene rings is 3. The van der Waals surface area contributed by atoms with Crippen LogP contribution in [0.25, 0.3) is 11.0 Å². The second-order valence-corrected chi connectivity index (χ2v) is 9.83. The summed E-state index contributed by atoms with van der Waals surface area (Å²) in [4.78, 5) is 23.0. The Morgan fingerprint density at radius 1 is 1.09 bits per heavy atom. The van der Waals surface area contributed by atoms with E-state index in [4.69, 9.17) is 4.74 Å². The van der Waals surface area contributed by atoms with Crippen LogP contribution in [0, 0.1) is 11.8 Å². The first kappa shape index (κ1) is 21.0. The Morgan fingerprint density at radius 3 is 2.79 bits per heavy atom. The lowest BCUT2D eigenvalue weighted by molar-refractivity contribution is 0.0566. The molecule has 2 heterocycles. The Hall–Kier alpha value is -3.60. The zero-order valence-corrected chi connectivity index (χ0v) is 19.4. The molecule has 5 nitrogen and oxygen atoms in total. The second kappa shape index (κ2) is 8.64. The Balaban J connectivity index is 1.23. The van der Waals surface area contributed by atoms with E-state index in [9.17, 15) is 4.79 Å². The number of amides is 1. The monoisotopic (exact) mass is 451 g/mol. The van der Waals surface area contributed by atoms with E-state index >= 15 is 0 Å². The van der Waals surface area contributed by atoms with E-state index in [1.807, 2.05) is 35.2 Å². The lowest BCUT2D eigenvalue weighted by atomic mass is 9.93. The van der Waals surface area contributed by atoms with Crippen molar-refractivity contribution in [1.29, 1.82) is 0 Å². The molecule has 0 radical (unpaired) electrons. The second-order valence-electron chi connectivity index (χ2n) is 9.83. The zero-order valence-electron chi connectivity index (χ0n) is 19.4. The van der Waals surface area contributed by atoms with Gasteiger partial charge in [-0.1, -0.05) is 43.3 Å². The van der Waals surface area contributed by atoms with E-state index in [0.29, 0.717) is 18.7 Å². The van der Waals surface area contributed by atoms with Crippen molar-refractivity contribution >= 4 is 16.9 Å². The molecule has 0 bridgehead atoms. The first-order valence-corrected chi connectivity index (χ1v) is 12.2. The number of carbonyl (C=O) groups excluding carboxylic acids is 1. The highest BCUT2D eigenvalue weighted by Crippen LogP contribution is 2.40. The molecule has 6 rings (SSSR count). The topological polar surface area (TPSA) is 58.2 Å². The number of ether oxygens (including phenoxy) is 1. The van der Waals surface area contributed by atoms with Gasteiger partial charge in [0.2, 0.25) is 0 Å². The summed E-state index contributed by atoms with van der Waals surface area (Å²) in [6.45, 7) is 3.38.